The normalized spacial score (nSPS) is 9.88. The second kappa shape index (κ2) is 6.57. The minimum absolute atomic E-state index is 0.0573. The third kappa shape index (κ3) is 3.26. The van der Waals surface area contributed by atoms with Crippen LogP contribution in [0.15, 0.2) is 22.7 Å². The SMILES string of the molecule is C#CCN(CCC)c1ccc(CO)cc1Br. The van der Waals surface area contributed by atoms with Crippen molar-refractivity contribution in [2.45, 2.75) is 20.0 Å². The van der Waals surface area contributed by atoms with Crippen LogP contribution in [0.25, 0.3) is 0 Å². The molecular weight excluding hydrogens is 266 g/mol. The lowest BCUT2D eigenvalue weighted by Gasteiger charge is -2.23. The predicted molar refractivity (Wildman–Crippen MR) is 71.4 cm³/mol. The highest BCUT2D eigenvalue weighted by Crippen LogP contribution is 2.27. The first-order chi connectivity index (χ1) is 7.72. The van der Waals surface area contributed by atoms with Crippen LogP contribution in [0.5, 0.6) is 0 Å². The monoisotopic (exact) mass is 281 g/mol. The molecule has 0 saturated carbocycles. The molecule has 0 aromatic heterocycles. The maximum atomic E-state index is 9.03. The summed E-state index contributed by atoms with van der Waals surface area (Å²) in [7, 11) is 0. The maximum Gasteiger partial charge on any atom is 0.0792 e. The Hall–Kier alpha value is -0.980. The number of hydrogen-bond donors (Lipinski definition) is 1. The van der Waals surface area contributed by atoms with E-state index in [1.54, 1.807) is 0 Å². The van der Waals surface area contributed by atoms with Crippen LogP contribution in [0.4, 0.5) is 5.69 Å². The van der Waals surface area contributed by atoms with Gasteiger partial charge in [0.2, 0.25) is 0 Å². The number of halogens is 1. The van der Waals surface area contributed by atoms with Crippen LogP contribution in [-0.4, -0.2) is 18.2 Å². The largest absolute Gasteiger partial charge is 0.392 e. The minimum atomic E-state index is 0.0573. The summed E-state index contributed by atoms with van der Waals surface area (Å²) in [5.41, 5.74) is 1.98. The van der Waals surface area contributed by atoms with E-state index >= 15 is 0 Å². The number of aliphatic hydroxyl groups is 1. The Bertz CT molecular complexity index is 384. The van der Waals surface area contributed by atoms with E-state index in [4.69, 9.17) is 11.5 Å². The molecule has 0 aliphatic rings. The van der Waals surface area contributed by atoms with Gasteiger partial charge in [0.05, 0.1) is 18.8 Å². The highest BCUT2D eigenvalue weighted by atomic mass is 79.9. The van der Waals surface area contributed by atoms with Gasteiger partial charge in [0, 0.05) is 11.0 Å². The van der Waals surface area contributed by atoms with Crippen LogP contribution in [0.3, 0.4) is 0 Å². The van der Waals surface area contributed by atoms with Gasteiger partial charge in [-0.15, -0.1) is 6.42 Å². The van der Waals surface area contributed by atoms with E-state index in [1.165, 1.54) is 0 Å². The molecule has 1 aromatic carbocycles. The zero-order valence-electron chi connectivity index (χ0n) is 9.41. The summed E-state index contributed by atoms with van der Waals surface area (Å²) >= 11 is 3.51. The molecule has 16 heavy (non-hydrogen) atoms. The molecule has 0 bridgehead atoms. The topological polar surface area (TPSA) is 23.5 Å². The summed E-state index contributed by atoms with van der Waals surface area (Å²) in [5.74, 6) is 2.66. The van der Waals surface area contributed by atoms with Gasteiger partial charge in [-0.1, -0.05) is 18.9 Å². The Morgan fingerprint density at radius 3 is 2.75 bits per heavy atom. The van der Waals surface area contributed by atoms with Crippen molar-refractivity contribution in [3.63, 3.8) is 0 Å². The molecule has 0 spiro atoms. The second-order valence-corrected chi connectivity index (χ2v) is 4.42. The maximum absolute atomic E-state index is 9.03. The molecule has 86 valence electrons. The molecule has 0 atom stereocenters. The Kier molecular flexibility index (Phi) is 5.37. The number of terminal acetylenes is 1. The van der Waals surface area contributed by atoms with Gasteiger partial charge in [0.15, 0.2) is 0 Å². The molecule has 0 saturated heterocycles. The lowest BCUT2D eigenvalue weighted by Crippen LogP contribution is -2.24. The van der Waals surface area contributed by atoms with Gasteiger partial charge >= 0.3 is 0 Å². The molecule has 1 rings (SSSR count). The lowest BCUT2D eigenvalue weighted by atomic mass is 10.2. The number of aliphatic hydroxyl groups excluding tert-OH is 1. The fourth-order valence-corrected chi connectivity index (χ4v) is 2.25. The Morgan fingerprint density at radius 2 is 2.25 bits per heavy atom. The number of rotatable bonds is 5. The van der Waals surface area contributed by atoms with Crippen LogP contribution >= 0.6 is 15.9 Å². The third-order valence-corrected chi connectivity index (χ3v) is 2.95. The van der Waals surface area contributed by atoms with E-state index in [2.05, 4.69) is 33.7 Å². The van der Waals surface area contributed by atoms with Crippen molar-refractivity contribution in [1.29, 1.82) is 0 Å². The van der Waals surface area contributed by atoms with Crippen LogP contribution in [0.2, 0.25) is 0 Å². The molecule has 1 N–H and O–H groups in total. The summed E-state index contributed by atoms with van der Waals surface area (Å²) in [4.78, 5) is 2.14. The molecule has 3 heteroatoms. The molecule has 2 nitrogen and oxygen atoms in total. The highest BCUT2D eigenvalue weighted by Gasteiger charge is 2.08. The molecule has 1 aromatic rings. The van der Waals surface area contributed by atoms with Crippen LogP contribution in [-0.2, 0) is 6.61 Å². The van der Waals surface area contributed by atoms with Gasteiger partial charge in [0.25, 0.3) is 0 Å². The summed E-state index contributed by atoms with van der Waals surface area (Å²) in [6.07, 6.45) is 6.41. The summed E-state index contributed by atoms with van der Waals surface area (Å²) in [5, 5.41) is 9.03. The number of nitrogens with zero attached hydrogens (tertiary/aromatic N) is 1. The fraction of sp³-hybridized carbons (Fsp3) is 0.385. The number of hydrogen-bond acceptors (Lipinski definition) is 2. The van der Waals surface area contributed by atoms with Crippen LogP contribution in [0.1, 0.15) is 18.9 Å². The van der Waals surface area contributed by atoms with Crippen LogP contribution in [0, 0.1) is 12.3 Å². The second-order valence-electron chi connectivity index (χ2n) is 3.57. The fourth-order valence-electron chi connectivity index (χ4n) is 1.57. The predicted octanol–water partition coefficient (Wildman–Crippen LogP) is 2.79. The van der Waals surface area contributed by atoms with Gasteiger partial charge in [-0.05, 0) is 40.0 Å². The van der Waals surface area contributed by atoms with Gasteiger partial charge < -0.3 is 10.0 Å². The molecule has 0 aliphatic carbocycles. The van der Waals surface area contributed by atoms with Crippen LogP contribution < -0.4 is 4.90 Å². The van der Waals surface area contributed by atoms with Gasteiger partial charge in [0.1, 0.15) is 0 Å². The van der Waals surface area contributed by atoms with Gasteiger partial charge in [-0.3, -0.25) is 0 Å². The lowest BCUT2D eigenvalue weighted by molar-refractivity contribution is 0.282. The Labute approximate surface area is 105 Å². The van der Waals surface area contributed by atoms with E-state index in [9.17, 15) is 0 Å². The van der Waals surface area contributed by atoms with E-state index in [-0.39, 0.29) is 6.61 Å². The zero-order valence-corrected chi connectivity index (χ0v) is 11.0. The minimum Gasteiger partial charge on any atom is -0.392 e. The van der Waals surface area contributed by atoms with Crippen molar-refractivity contribution >= 4 is 21.6 Å². The van der Waals surface area contributed by atoms with Gasteiger partial charge in [-0.2, -0.15) is 0 Å². The summed E-state index contributed by atoms with van der Waals surface area (Å²) in [6, 6.07) is 5.83. The third-order valence-electron chi connectivity index (χ3n) is 2.31. The first kappa shape index (κ1) is 13.1. The Morgan fingerprint density at radius 1 is 1.50 bits per heavy atom. The number of benzene rings is 1. The molecule has 0 fully saturated rings. The highest BCUT2D eigenvalue weighted by molar-refractivity contribution is 9.10. The van der Waals surface area contributed by atoms with Crippen molar-refractivity contribution < 1.29 is 5.11 Å². The average molecular weight is 282 g/mol. The van der Waals surface area contributed by atoms with E-state index in [0.717, 1.165) is 28.7 Å². The van der Waals surface area contributed by atoms with Crippen molar-refractivity contribution in [3.05, 3.63) is 28.2 Å². The number of anilines is 1. The van der Waals surface area contributed by atoms with Crippen molar-refractivity contribution in [3.8, 4) is 12.3 Å². The quantitative estimate of drug-likeness (QED) is 0.839. The van der Waals surface area contributed by atoms with E-state index in [0.29, 0.717) is 6.54 Å². The van der Waals surface area contributed by atoms with Crippen molar-refractivity contribution in [2.24, 2.45) is 0 Å². The smallest absolute Gasteiger partial charge is 0.0792 e. The molecule has 0 radical (unpaired) electrons. The first-order valence-electron chi connectivity index (χ1n) is 5.30. The summed E-state index contributed by atoms with van der Waals surface area (Å²) < 4.78 is 0.975. The summed E-state index contributed by atoms with van der Waals surface area (Å²) in [6.45, 7) is 3.72. The zero-order chi connectivity index (χ0) is 12.0. The molecule has 0 amide bonds. The molecule has 0 unspecified atom stereocenters. The molecular formula is C13H16BrNO. The van der Waals surface area contributed by atoms with E-state index in [1.807, 2.05) is 18.2 Å². The Balaban J connectivity index is 2.96. The van der Waals surface area contributed by atoms with Crippen molar-refractivity contribution in [2.75, 3.05) is 18.0 Å². The molecule has 0 aliphatic heterocycles. The first-order valence-corrected chi connectivity index (χ1v) is 6.10. The average Bonchev–Trinajstić information content (AvgIpc) is 2.29. The molecule has 0 heterocycles. The van der Waals surface area contributed by atoms with Crippen molar-refractivity contribution in [1.82, 2.24) is 0 Å². The van der Waals surface area contributed by atoms with E-state index < -0.39 is 0 Å². The van der Waals surface area contributed by atoms with Gasteiger partial charge in [-0.25, -0.2) is 0 Å². The standard InChI is InChI=1S/C13H16BrNO/c1-3-7-15(8-4-2)13-6-5-11(10-16)9-12(13)14/h1,5-6,9,16H,4,7-8,10H2,2H3.